The first kappa shape index (κ1) is 17.4. The van der Waals surface area contributed by atoms with E-state index >= 15 is 0 Å². The molecule has 7 nitrogen and oxygen atoms in total. The summed E-state index contributed by atoms with van der Waals surface area (Å²) in [5.41, 5.74) is 1.34. The number of hydrogen-bond donors (Lipinski definition) is 4. The highest BCUT2D eigenvalue weighted by Crippen LogP contribution is 2.26. The molecule has 25 heavy (non-hydrogen) atoms. The molecule has 1 saturated heterocycles. The maximum absolute atomic E-state index is 12.2. The number of aromatic amines is 1. The Balaban J connectivity index is 1.43. The normalized spacial score (nSPS) is 16.5. The Bertz CT molecular complexity index is 749. The second-order valence-corrected chi connectivity index (χ2v) is 6.96. The van der Waals surface area contributed by atoms with Crippen LogP contribution in [0.25, 0.3) is 10.9 Å². The minimum atomic E-state index is -0.268. The minimum absolute atomic E-state index is 0.0352. The fourth-order valence-electron chi connectivity index (χ4n) is 3.12. The number of nitrogens with one attached hydrogen (secondary N) is 4. The maximum atomic E-state index is 12.2. The molecule has 3 rings (SSSR count). The number of hydrogen-bond acceptors (Lipinski definition) is 4. The van der Waals surface area contributed by atoms with E-state index in [0.717, 1.165) is 36.8 Å². The number of carbonyl (C=O) groups excluding carboxylic acids is 2. The molecule has 134 valence electrons. The van der Waals surface area contributed by atoms with Gasteiger partial charge in [0.15, 0.2) is 5.69 Å². The third-order valence-electron chi connectivity index (χ3n) is 4.85. The average Bonchev–Trinajstić information content (AvgIpc) is 3.05. The van der Waals surface area contributed by atoms with E-state index in [0.29, 0.717) is 18.8 Å². The van der Waals surface area contributed by atoms with Gasteiger partial charge in [-0.1, -0.05) is 25.1 Å². The first-order chi connectivity index (χ1) is 12.1. The van der Waals surface area contributed by atoms with E-state index in [2.05, 4.69) is 33.1 Å². The largest absolute Gasteiger partial charge is 0.355 e. The van der Waals surface area contributed by atoms with Gasteiger partial charge in [-0.3, -0.25) is 14.7 Å². The van der Waals surface area contributed by atoms with E-state index in [1.165, 1.54) is 0 Å². The lowest BCUT2D eigenvalue weighted by Crippen LogP contribution is -2.43. The van der Waals surface area contributed by atoms with Gasteiger partial charge in [0.1, 0.15) is 0 Å². The van der Waals surface area contributed by atoms with Crippen molar-refractivity contribution in [2.75, 3.05) is 26.2 Å². The number of fused-ring (bicyclic) bond motifs is 1. The van der Waals surface area contributed by atoms with Crippen molar-refractivity contribution in [3.8, 4) is 0 Å². The topological polar surface area (TPSA) is 98.9 Å². The summed E-state index contributed by atoms with van der Waals surface area (Å²) in [5, 5.41) is 16.8. The number of piperidine rings is 1. The van der Waals surface area contributed by atoms with Crippen LogP contribution in [0, 0.1) is 5.41 Å². The zero-order valence-corrected chi connectivity index (χ0v) is 14.5. The number of nitrogens with zero attached hydrogens (tertiary/aromatic N) is 1. The lowest BCUT2D eigenvalue weighted by molar-refractivity contribution is -0.121. The van der Waals surface area contributed by atoms with Gasteiger partial charge in [-0.2, -0.15) is 5.10 Å². The molecule has 1 aromatic heterocycles. The molecule has 7 heteroatoms. The molecule has 2 heterocycles. The van der Waals surface area contributed by atoms with E-state index in [4.69, 9.17) is 0 Å². The highest BCUT2D eigenvalue weighted by molar-refractivity contribution is 6.04. The highest BCUT2D eigenvalue weighted by Gasteiger charge is 2.26. The lowest BCUT2D eigenvalue weighted by Gasteiger charge is -2.34. The van der Waals surface area contributed by atoms with Gasteiger partial charge in [0.05, 0.1) is 5.52 Å². The van der Waals surface area contributed by atoms with Gasteiger partial charge in [0, 0.05) is 24.9 Å². The van der Waals surface area contributed by atoms with Crippen molar-refractivity contribution < 1.29 is 9.59 Å². The summed E-state index contributed by atoms with van der Waals surface area (Å²) in [4.78, 5) is 24.2. The number of benzene rings is 1. The molecule has 0 aliphatic carbocycles. The van der Waals surface area contributed by atoms with Gasteiger partial charge in [0.2, 0.25) is 5.91 Å². The fourth-order valence-corrected chi connectivity index (χ4v) is 3.12. The van der Waals surface area contributed by atoms with Crippen LogP contribution in [-0.4, -0.2) is 48.2 Å². The average molecular weight is 343 g/mol. The molecule has 0 atom stereocenters. The molecule has 2 aromatic rings. The third kappa shape index (κ3) is 4.36. The zero-order chi connectivity index (χ0) is 17.7. The molecule has 1 aliphatic rings. The van der Waals surface area contributed by atoms with Crippen LogP contribution in [0.2, 0.25) is 0 Å². The van der Waals surface area contributed by atoms with Crippen LogP contribution < -0.4 is 16.0 Å². The number of rotatable bonds is 6. The minimum Gasteiger partial charge on any atom is -0.355 e. The van der Waals surface area contributed by atoms with Crippen molar-refractivity contribution in [1.82, 2.24) is 26.1 Å². The number of amides is 2. The number of para-hydroxylation sites is 1. The summed E-state index contributed by atoms with van der Waals surface area (Å²) in [6.07, 6.45) is 2.40. The zero-order valence-electron chi connectivity index (χ0n) is 14.5. The summed E-state index contributed by atoms with van der Waals surface area (Å²) < 4.78 is 0. The van der Waals surface area contributed by atoms with Crippen LogP contribution in [0.4, 0.5) is 0 Å². The highest BCUT2D eigenvalue weighted by atomic mass is 16.2. The molecule has 0 spiro atoms. The van der Waals surface area contributed by atoms with E-state index in [9.17, 15) is 9.59 Å². The number of carbonyl (C=O) groups is 2. The predicted molar refractivity (Wildman–Crippen MR) is 96.3 cm³/mol. The summed E-state index contributed by atoms with van der Waals surface area (Å²) in [6, 6.07) is 7.47. The van der Waals surface area contributed by atoms with Crippen LogP contribution in [0.15, 0.2) is 24.3 Å². The molecule has 0 saturated carbocycles. The Morgan fingerprint density at radius 1 is 1.20 bits per heavy atom. The Morgan fingerprint density at radius 2 is 1.96 bits per heavy atom. The van der Waals surface area contributed by atoms with Crippen LogP contribution in [0.3, 0.4) is 0 Å². The number of H-pyrrole nitrogens is 1. The number of aromatic nitrogens is 2. The predicted octanol–water partition coefficient (Wildman–Crippen LogP) is 1.19. The van der Waals surface area contributed by atoms with Crippen molar-refractivity contribution in [2.24, 2.45) is 5.41 Å². The Morgan fingerprint density at radius 3 is 2.76 bits per heavy atom. The van der Waals surface area contributed by atoms with Crippen molar-refractivity contribution in [3.63, 3.8) is 0 Å². The van der Waals surface area contributed by atoms with Gasteiger partial charge in [-0.25, -0.2) is 0 Å². The second-order valence-electron chi connectivity index (χ2n) is 6.96. The molecular formula is C18H25N5O2. The SMILES string of the molecule is CC1(CNC(=O)CCNC(=O)c2n[nH]c3ccccc23)CCNCC1. The summed E-state index contributed by atoms with van der Waals surface area (Å²) in [6.45, 7) is 5.19. The van der Waals surface area contributed by atoms with E-state index in [-0.39, 0.29) is 23.7 Å². The van der Waals surface area contributed by atoms with Crippen molar-refractivity contribution in [2.45, 2.75) is 26.2 Å². The molecule has 4 N–H and O–H groups in total. The van der Waals surface area contributed by atoms with Crippen LogP contribution >= 0.6 is 0 Å². The smallest absolute Gasteiger partial charge is 0.272 e. The van der Waals surface area contributed by atoms with Crippen LogP contribution in [0.1, 0.15) is 36.7 Å². The second kappa shape index (κ2) is 7.65. The molecule has 0 bridgehead atoms. The first-order valence-corrected chi connectivity index (χ1v) is 8.76. The van der Waals surface area contributed by atoms with Crippen molar-refractivity contribution >= 4 is 22.7 Å². The molecule has 1 aromatic carbocycles. The third-order valence-corrected chi connectivity index (χ3v) is 4.85. The van der Waals surface area contributed by atoms with Gasteiger partial charge >= 0.3 is 0 Å². The Kier molecular flexibility index (Phi) is 5.33. The summed E-state index contributed by atoms with van der Waals surface area (Å²) in [5.74, 6) is -0.303. The lowest BCUT2D eigenvalue weighted by atomic mass is 9.81. The monoisotopic (exact) mass is 343 g/mol. The molecule has 0 radical (unpaired) electrons. The van der Waals surface area contributed by atoms with Crippen molar-refractivity contribution in [1.29, 1.82) is 0 Å². The quantitative estimate of drug-likeness (QED) is 0.633. The van der Waals surface area contributed by atoms with E-state index < -0.39 is 0 Å². The molecular weight excluding hydrogens is 318 g/mol. The summed E-state index contributed by atoms with van der Waals surface area (Å²) >= 11 is 0. The molecule has 1 fully saturated rings. The Hall–Kier alpha value is -2.41. The molecule has 1 aliphatic heterocycles. The van der Waals surface area contributed by atoms with Gasteiger partial charge < -0.3 is 16.0 Å². The summed E-state index contributed by atoms with van der Waals surface area (Å²) in [7, 11) is 0. The molecule has 2 amide bonds. The van der Waals surface area contributed by atoms with E-state index in [1.54, 1.807) is 0 Å². The van der Waals surface area contributed by atoms with Gasteiger partial charge in [-0.15, -0.1) is 0 Å². The molecule has 0 unspecified atom stereocenters. The fraction of sp³-hybridized carbons (Fsp3) is 0.500. The standard InChI is InChI=1S/C18H25N5O2/c1-18(7-10-19-11-8-18)12-21-15(24)6-9-20-17(25)16-13-4-2-3-5-14(13)22-23-16/h2-5,19H,6-12H2,1H3,(H,20,25)(H,21,24)(H,22,23). The first-order valence-electron chi connectivity index (χ1n) is 8.76. The van der Waals surface area contributed by atoms with Crippen molar-refractivity contribution in [3.05, 3.63) is 30.0 Å². The van der Waals surface area contributed by atoms with Gasteiger partial charge in [0.25, 0.3) is 5.91 Å². The van der Waals surface area contributed by atoms with Crippen LogP contribution in [0.5, 0.6) is 0 Å². The maximum Gasteiger partial charge on any atom is 0.272 e. The Labute approximate surface area is 146 Å². The van der Waals surface area contributed by atoms with Crippen LogP contribution in [-0.2, 0) is 4.79 Å². The van der Waals surface area contributed by atoms with Gasteiger partial charge in [-0.05, 0) is 37.4 Å². The van der Waals surface area contributed by atoms with E-state index in [1.807, 2.05) is 24.3 Å².